The molecule has 5 nitrogen and oxygen atoms in total. The lowest BCUT2D eigenvalue weighted by molar-refractivity contribution is 0.101. The Morgan fingerprint density at radius 3 is 2.60 bits per heavy atom. The van der Waals surface area contributed by atoms with Gasteiger partial charge in [-0.1, -0.05) is 23.7 Å². The first-order chi connectivity index (χ1) is 9.40. The molecule has 0 bridgehead atoms. The molecule has 0 amide bonds. The Hall–Kier alpha value is -2.14. The third kappa shape index (κ3) is 2.72. The smallest absolute Gasteiger partial charge is 0.295 e. The standard InChI is InChI=1S/C14H13ClN2O3/c1-9(18)12-8-17(14(20)16(2)13(12)19)7-10-4-3-5-11(15)6-10/h3-6,8H,7H2,1-2H3. The average molecular weight is 293 g/mol. The Morgan fingerprint density at radius 2 is 2.00 bits per heavy atom. The highest BCUT2D eigenvalue weighted by molar-refractivity contribution is 6.30. The van der Waals surface area contributed by atoms with E-state index < -0.39 is 11.2 Å². The molecule has 1 aromatic heterocycles. The van der Waals surface area contributed by atoms with Crippen LogP contribution in [0.5, 0.6) is 0 Å². The topological polar surface area (TPSA) is 61.1 Å². The lowest BCUT2D eigenvalue weighted by Crippen LogP contribution is -2.40. The number of halogens is 1. The molecule has 0 saturated heterocycles. The van der Waals surface area contributed by atoms with Crippen LogP contribution in [0.3, 0.4) is 0 Å². The molecule has 0 aliphatic heterocycles. The molecule has 2 aromatic rings. The largest absolute Gasteiger partial charge is 0.331 e. The Labute approximate surface area is 120 Å². The van der Waals surface area contributed by atoms with Crippen molar-refractivity contribution in [1.82, 2.24) is 9.13 Å². The molecule has 20 heavy (non-hydrogen) atoms. The van der Waals surface area contributed by atoms with Crippen molar-refractivity contribution in [3.63, 3.8) is 0 Å². The number of carbonyl (C=O) groups is 1. The van der Waals surface area contributed by atoms with E-state index in [0.29, 0.717) is 5.02 Å². The summed E-state index contributed by atoms with van der Waals surface area (Å²) in [5.41, 5.74) is -0.244. The van der Waals surface area contributed by atoms with Crippen molar-refractivity contribution < 1.29 is 4.79 Å². The molecule has 6 heteroatoms. The molecule has 0 atom stereocenters. The van der Waals surface area contributed by atoms with Gasteiger partial charge < -0.3 is 0 Å². The van der Waals surface area contributed by atoms with Gasteiger partial charge in [0.2, 0.25) is 0 Å². The summed E-state index contributed by atoms with van der Waals surface area (Å²) < 4.78 is 2.26. The quantitative estimate of drug-likeness (QED) is 0.805. The minimum absolute atomic E-state index is 0.00544. The Balaban J connectivity index is 2.55. The highest BCUT2D eigenvalue weighted by atomic mass is 35.5. The number of hydrogen-bond acceptors (Lipinski definition) is 3. The van der Waals surface area contributed by atoms with Crippen molar-refractivity contribution >= 4 is 17.4 Å². The first kappa shape index (κ1) is 14.3. The van der Waals surface area contributed by atoms with Crippen LogP contribution in [-0.2, 0) is 13.6 Å². The van der Waals surface area contributed by atoms with E-state index >= 15 is 0 Å². The second kappa shape index (κ2) is 5.46. The van der Waals surface area contributed by atoms with Gasteiger partial charge in [-0.05, 0) is 24.6 Å². The molecule has 0 radical (unpaired) electrons. The molecule has 0 saturated carbocycles. The second-order valence-electron chi connectivity index (χ2n) is 4.50. The van der Waals surface area contributed by atoms with Crippen molar-refractivity contribution in [1.29, 1.82) is 0 Å². The van der Waals surface area contributed by atoms with E-state index in [1.54, 1.807) is 18.2 Å². The van der Waals surface area contributed by atoms with E-state index in [1.807, 2.05) is 6.07 Å². The van der Waals surface area contributed by atoms with Crippen LogP contribution in [0, 0.1) is 0 Å². The third-order valence-electron chi connectivity index (χ3n) is 2.97. The molecule has 0 N–H and O–H groups in total. The van der Waals surface area contributed by atoms with Crippen molar-refractivity contribution in [2.75, 3.05) is 0 Å². The summed E-state index contributed by atoms with van der Waals surface area (Å²) in [6.07, 6.45) is 1.30. The number of carbonyl (C=O) groups excluding carboxylic acids is 1. The minimum Gasteiger partial charge on any atom is -0.295 e. The van der Waals surface area contributed by atoms with Gasteiger partial charge in [0.05, 0.1) is 12.1 Å². The number of benzene rings is 1. The summed E-state index contributed by atoms with van der Waals surface area (Å²) in [7, 11) is 1.35. The molecule has 0 aliphatic rings. The molecule has 0 spiro atoms. The Morgan fingerprint density at radius 1 is 1.30 bits per heavy atom. The number of nitrogens with zero attached hydrogens (tertiary/aromatic N) is 2. The van der Waals surface area contributed by atoms with Gasteiger partial charge in [0, 0.05) is 18.3 Å². The highest BCUT2D eigenvalue weighted by Gasteiger charge is 2.12. The molecule has 0 fully saturated rings. The van der Waals surface area contributed by atoms with E-state index in [1.165, 1.54) is 24.7 Å². The Kier molecular flexibility index (Phi) is 3.90. The van der Waals surface area contributed by atoms with E-state index in [4.69, 9.17) is 11.6 Å². The number of Topliss-reactive ketones (excluding diaryl/α,β-unsaturated/α-hetero) is 1. The first-order valence-electron chi connectivity index (χ1n) is 5.96. The zero-order valence-electron chi connectivity index (χ0n) is 11.1. The number of ketones is 1. The lowest BCUT2D eigenvalue weighted by Gasteiger charge is -2.09. The monoisotopic (exact) mass is 292 g/mol. The molecular weight excluding hydrogens is 280 g/mol. The minimum atomic E-state index is -0.579. The van der Waals surface area contributed by atoms with E-state index in [9.17, 15) is 14.4 Å². The van der Waals surface area contributed by atoms with Crippen LogP contribution >= 0.6 is 11.6 Å². The van der Waals surface area contributed by atoms with Gasteiger partial charge in [-0.15, -0.1) is 0 Å². The summed E-state index contributed by atoms with van der Waals surface area (Å²) in [5, 5.41) is 0.562. The van der Waals surface area contributed by atoms with Gasteiger partial charge in [-0.2, -0.15) is 0 Å². The van der Waals surface area contributed by atoms with Crippen LogP contribution in [-0.4, -0.2) is 14.9 Å². The maximum Gasteiger partial charge on any atom is 0.331 e. The van der Waals surface area contributed by atoms with Gasteiger partial charge in [0.1, 0.15) is 0 Å². The van der Waals surface area contributed by atoms with Gasteiger partial charge in [-0.25, -0.2) is 4.79 Å². The number of rotatable bonds is 3. The van der Waals surface area contributed by atoms with Gasteiger partial charge >= 0.3 is 5.69 Å². The summed E-state index contributed by atoms with van der Waals surface area (Å²) in [4.78, 5) is 35.3. The zero-order valence-corrected chi connectivity index (χ0v) is 11.8. The highest BCUT2D eigenvalue weighted by Crippen LogP contribution is 2.11. The predicted molar refractivity (Wildman–Crippen MR) is 76.5 cm³/mol. The van der Waals surface area contributed by atoms with Crippen molar-refractivity contribution in [3.8, 4) is 0 Å². The second-order valence-corrected chi connectivity index (χ2v) is 4.94. The first-order valence-corrected chi connectivity index (χ1v) is 6.34. The molecule has 0 aliphatic carbocycles. The van der Waals surface area contributed by atoms with Crippen LogP contribution in [0.2, 0.25) is 5.02 Å². The molecule has 1 aromatic carbocycles. The van der Waals surface area contributed by atoms with Gasteiger partial charge in [0.25, 0.3) is 5.56 Å². The van der Waals surface area contributed by atoms with Gasteiger partial charge in [0.15, 0.2) is 5.78 Å². The molecule has 0 unspecified atom stereocenters. The zero-order chi connectivity index (χ0) is 14.9. The van der Waals surface area contributed by atoms with Crippen molar-refractivity contribution in [2.24, 2.45) is 7.05 Å². The molecular formula is C14H13ClN2O3. The van der Waals surface area contributed by atoms with Crippen LogP contribution < -0.4 is 11.2 Å². The van der Waals surface area contributed by atoms with Crippen molar-refractivity contribution in [2.45, 2.75) is 13.5 Å². The summed E-state index contributed by atoms with van der Waals surface area (Å²) >= 11 is 5.89. The van der Waals surface area contributed by atoms with Crippen LogP contribution in [0.25, 0.3) is 0 Å². The fourth-order valence-electron chi connectivity index (χ4n) is 1.91. The predicted octanol–water partition coefficient (Wildman–Crippen LogP) is 1.45. The maximum atomic E-state index is 12.0. The SMILES string of the molecule is CC(=O)c1cn(Cc2cccc(Cl)c2)c(=O)n(C)c1=O. The Bertz CT molecular complexity index is 790. The number of hydrogen-bond donors (Lipinski definition) is 0. The van der Waals surface area contributed by atoms with Crippen molar-refractivity contribution in [3.05, 3.63) is 67.4 Å². The van der Waals surface area contributed by atoms with E-state index in [-0.39, 0.29) is 17.9 Å². The van der Waals surface area contributed by atoms with E-state index in [0.717, 1.165) is 10.1 Å². The van der Waals surface area contributed by atoms with E-state index in [2.05, 4.69) is 0 Å². The normalized spacial score (nSPS) is 10.6. The molecule has 2 rings (SSSR count). The number of aromatic nitrogens is 2. The summed E-state index contributed by atoms with van der Waals surface area (Å²) in [6.45, 7) is 1.54. The maximum absolute atomic E-state index is 12.0. The summed E-state index contributed by atoms with van der Waals surface area (Å²) in [6, 6.07) is 7.05. The average Bonchev–Trinajstić information content (AvgIpc) is 2.39. The van der Waals surface area contributed by atoms with Crippen LogP contribution in [0.15, 0.2) is 40.1 Å². The fraction of sp³-hybridized carbons (Fsp3) is 0.214. The van der Waals surface area contributed by atoms with Crippen LogP contribution in [0.4, 0.5) is 0 Å². The third-order valence-corrected chi connectivity index (χ3v) is 3.21. The lowest BCUT2D eigenvalue weighted by atomic mass is 10.2. The van der Waals surface area contributed by atoms with Gasteiger partial charge in [-0.3, -0.25) is 18.7 Å². The summed E-state index contributed by atoms with van der Waals surface area (Å²) in [5.74, 6) is -0.370. The molecule has 1 heterocycles. The molecule has 104 valence electrons. The fourth-order valence-corrected chi connectivity index (χ4v) is 2.13. The van der Waals surface area contributed by atoms with Crippen LogP contribution in [0.1, 0.15) is 22.8 Å².